The van der Waals surface area contributed by atoms with Gasteiger partial charge in [-0.3, -0.25) is 13.8 Å². The summed E-state index contributed by atoms with van der Waals surface area (Å²) in [6.07, 6.45) is -7.73. The number of aromatic nitrogens is 4. The van der Waals surface area contributed by atoms with Gasteiger partial charge in [0, 0.05) is 11.6 Å². The molecule has 20 nitrogen and oxygen atoms in total. The average Bonchev–Trinajstić information content (AvgIpc) is 3.71. The van der Waals surface area contributed by atoms with E-state index in [2.05, 4.69) is 14.6 Å². The zero-order valence-corrected chi connectivity index (χ0v) is 26.1. The first-order valence-corrected chi connectivity index (χ1v) is 16.7. The number of benzene rings is 1. The molecule has 0 aliphatic carbocycles. The minimum atomic E-state index is -5.37. The number of hydrogen-bond donors (Lipinski definition) is 7. The predicted molar refractivity (Wildman–Crippen MR) is 152 cm³/mol. The zero-order chi connectivity index (χ0) is 34.1. The van der Waals surface area contributed by atoms with Crippen LogP contribution in [0.5, 0.6) is 5.75 Å². The molecule has 1 aromatic carbocycles. The Kier molecular flexibility index (Phi) is 10.5. The highest BCUT2D eigenvalue weighted by Crippen LogP contribution is 2.60. The number of phosphoric ester groups is 2. The van der Waals surface area contributed by atoms with Crippen LogP contribution in [0.25, 0.3) is 11.3 Å². The fourth-order valence-electron chi connectivity index (χ4n) is 4.80. The number of aliphatic hydroxyl groups is 4. The second kappa shape index (κ2) is 14.1. The van der Waals surface area contributed by atoms with Crippen molar-refractivity contribution in [2.45, 2.75) is 49.1 Å². The molecular formula is C25H32N5O15P2+. The van der Waals surface area contributed by atoms with E-state index in [-0.39, 0.29) is 5.56 Å². The van der Waals surface area contributed by atoms with Gasteiger partial charge in [-0.2, -0.15) is 8.88 Å². The molecule has 2 aromatic heterocycles. The second-order valence-corrected chi connectivity index (χ2v) is 13.5. The molecule has 0 radical (unpaired) electrons. The van der Waals surface area contributed by atoms with Crippen molar-refractivity contribution in [1.29, 1.82) is 0 Å². The molecule has 2 unspecified atom stereocenters. The monoisotopic (exact) mass is 704 g/mol. The highest BCUT2D eigenvalue weighted by atomic mass is 31.3. The van der Waals surface area contributed by atoms with Gasteiger partial charge < -0.3 is 50.2 Å². The maximum absolute atomic E-state index is 12.5. The van der Waals surface area contributed by atoms with Crippen LogP contribution < -0.4 is 15.0 Å². The van der Waals surface area contributed by atoms with Crippen LogP contribution in [0.3, 0.4) is 0 Å². The van der Waals surface area contributed by atoms with E-state index in [4.69, 9.17) is 29.0 Å². The summed E-state index contributed by atoms with van der Waals surface area (Å²) in [4.78, 5) is 31.6. The van der Waals surface area contributed by atoms with E-state index in [9.17, 15) is 44.1 Å². The molecule has 2 saturated heterocycles. The summed E-state index contributed by atoms with van der Waals surface area (Å²) in [5, 5.41) is 49.6. The number of phosphoric acid groups is 2. The number of nitrogens with zero attached hydrogens (tertiary/aromatic N) is 4. The Labute approximate surface area is 265 Å². The third kappa shape index (κ3) is 8.10. The summed E-state index contributed by atoms with van der Waals surface area (Å²) in [5.41, 5.74) is 6.39. The Morgan fingerprint density at radius 1 is 0.957 bits per heavy atom. The van der Waals surface area contributed by atoms with Crippen molar-refractivity contribution in [3.05, 3.63) is 60.6 Å². The molecule has 10 atom stereocenters. The largest absolute Gasteiger partial charge is 0.497 e. The molecule has 1 amide bonds. The maximum Gasteiger partial charge on any atom is 0.481 e. The highest BCUT2D eigenvalue weighted by Gasteiger charge is 2.50. The van der Waals surface area contributed by atoms with Crippen molar-refractivity contribution < 1.29 is 76.3 Å². The third-order valence-corrected chi connectivity index (χ3v) is 9.84. The normalized spacial score (nSPS) is 30.1. The van der Waals surface area contributed by atoms with E-state index in [0.717, 1.165) is 4.68 Å². The van der Waals surface area contributed by atoms with E-state index < -0.39 is 83.8 Å². The molecule has 5 rings (SSSR count). The molecule has 2 aliphatic rings. The van der Waals surface area contributed by atoms with Gasteiger partial charge in [0.1, 0.15) is 47.5 Å². The molecule has 47 heavy (non-hydrogen) atoms. The lowest BCUT2D eigenvalue weighted by Crippen LogP contribution is -2.46. The van der Waals surface area contributed by atoms with Crippen LogP contribution in [0, 0.1) is 0 Å². The van der Waals surface area contributed by atoms with Crippen LogP contribution in [-0.4, -0.2) is 108 Å². The Morgan fingerprint density at radius 2 is 1.57 bits per heavy atom. The van der Waals surface area contributed by atoms with Gasteiger partial charge in [0.15, 0.2) is 24.7 Å². The van der Waals surface area contributed by atoms with Gasteiger partial charge in [0.25, 0.3) is 12.1 Å². The lowest BCUT2D eigenvalue weighted by atomic mass is 10.1. The fraction of sp³-hybridized carbons (Fsp3) is 0.440. The van der Waals surface area contributed by atoms with Gasteiger partial charge in [-0.1, -0.05) is 5.21 Å². The van der Waals surface area contributed by atoms with Gasteiger partial charge in [0.05, 0.1) is 26.5 Å². The number of pyridine rings is 1. The Bertz CT molecular complexity index is 1660. The number of primary amides is 1. The van der Waals surface area contributed by atoms with Gasteiger partial charge in [-0.25, -0.2) is 13.8 Å². The first kappa shape index (κ1) is 35.1. The molecule has 0 spiro atoms. The smallest absolute Gasteiger partial charge is 0.481 e. The quantitative estimate of drug-likeness (QED) is 0.0789. The van der Waals surface area contributed by atoms with Gasteiger partial charge >= 0.3 is 15.6 Å². The second-order valence-electron chi connectivity index (χ2n) is 10.4. The number of methoxy groups -OCH3 is 1. The topological polar surface area (TPSA) is 289 Å². The number of nitrogens with two attached hydrogens (primary N) is 1. The lowest BCUT2D eigenvalue weighted by Gasteiger charge is -2.20. The van der Waals surface area contributed by atoms with E-state index in [1.54, 1.807) is 24.3 Å². The standard InChI is InChI=1S/C25H31N5O15P2/c1-40-15-6-4-13(5-7-15)16-10-30(28-27-16)25-22(34)20(32)18(44-25)12-42-47(38,39)45-46(36,37)41-11-17-19(31)21(33)24(43-17)29-8-2-3-14(9-29)23(26)35/h2-10,17-22,24-25,31-34H,11-12H2,1H3,(H3-,26,35,36,37,38,39)/p+1/t17-,18+,19-,20+,21-,22+,24-,25+/m1/s1. The molecule has 22 heteroatoms. The summed E-state index contributed by atoms with van der Waals surface area (Å²) in [7, 11) is -9.22. The third-order valence-electron chi connectivity index (χ3n) is 7.24. The number of carbonyl (C=O) groups is 1. The van der Waals surface area contributed by atoms with Crippen molar-refractivity contribution in [2.75, 3.05) is 20.3 Å². The highest BCUT2D eigenvalue weighted by molar-refractivity contribution is 7.61. The minimum absolute atomic E-state index is 0.0715. The van der Waals surface area contributed by atoms with Crippen molar-refractivity contribution >= 4 is 21.6 Å². The summed E-state index contributed by atoms with van der Waals surface area (Å²) in [6.45, 7) is -1.78. The maximum atomic E-state index is 12.5. The number of rotatable bonds is 13. The Balaban J connectivity index is 1.13. The van der Waals surface area contributed by atoms with Gasteiger partial charge in [0.2, 0.25) is 0 Å². The van der Waals surface area contributed by atoms with Crippen LogP contribution in [0.4, 0.5) is 0 Å². The molecule has 0 bridgehead atoms. The first-order chi connectivity index (χ1) is 22.2. The van der Waals surface area contributed by atoms with Crippen LogP contribution >= 0.6 is 15.6 Å². The summed E-state index contributed by atoms with van der Waals surface area (Å²) in [5.74, 6) is -0.142. The Hall–Kier alpha value is -3.20. The SMILES string of the molecule is COc1ccc(-c2cn([C@H]3O[C@@H](COP(=O)(O)OP(=O)(O)OC[C@H]4O[C@@H]([n+]5cccc(C(N)=O)c5)[C@H](O)[C@@H]4O)[C@H](O)[C@@H]3O)nn2)cc1. The molecule has 0 saturated carbocycles. The zero-order valence-electron chi connectivity index (χ0n) is 24.3. The number of amides is 1. The van der Waals surface area contributed by atoms with Crippen LogP contribution in [-0.2, 0) is 32.0 Å². The lowest BCUT2D eigenvalue weighted by molar-refractivity contribution is -0.765. The molecule has 2 fully saturated rings. The molecular weight excluding hydrogens is 672 g/mol. The molecule has 2 aliphatic heterocycles. The fourth-order valence-corrected chi connectivity index (χ4v) is 6.89. The van der Waals surface area contributed by atoms with Crippen molar-refractivity contribution in [3.8, 4) is 17.0 Å². The number of hydrogen-bond acceptors (Lipinski definition) is 15. The molecule has 256 valence electrons. The summed E-state index contributed by atoms with van der Waals surface area (Å²) >= 11 is 0. The van der Waals surface area contributed by atoms with E-state index in [0.29, 0.717) is 17.0 Å². The van der Waals surface area contributed by atoms with Crippen molar-refractivity contribution in [2.24, 2.45) is 5.73 Å². The minimum Gasteiger partial charge on any atom is -0.497 e. The number of carbonyl (C=O) groups excluding carboxylic acids is 1. The van der Waals surface area contributed by atoms with E-state index in [1.165, 1.54) is 42.4 Å². The van der Waals surface area contributed by atoms with Crippen LogP contribution in [0.1, 0.15) is 22.8 Å². The molecule has 3 aromatic rings. The van der Waals surface area contributed by atoms with Gasteiger partial charge in [-0.15, -0.1) is 5.10 Å². The van der Waals surface area contributed by atoms with Crippen molar-refractivity contribution in [3.63, 3.8) is 0 Å². The predicted octanol–water partition coefficient (Wildman–Crippen LogP) is -1.47. The Morgan fingerprint density at radius 3 is 2.19 bits per heavy atom. The number of ether oxygens (including phenoxy) is 3. The first-order valence-electron chi connectivity index (χ1n) is 13.7. The molecule has 8 N–H and O–H groups in total. The average molecular weight is 704 g/mol. The van der Waals surface area contributed by atoms with Gasteiger partial charge in [-0.05, 0) is 30.3 Å². The van der Waals surface area contributed by atoms with Crippen molar-refractivity contribution in [1.82, 2.24) is 15.0 Å². The van der Waals surface area contributed by atoms with Crippen LogP contribution in [0.15, 0.2) is 55.0 Å². The molecule has 4 heterocycles. The van der Waals surface area contributed by atoms with E-state index in [1.807, 2.05) is 0 Å². The summed E-state index contributed by atoms with van der Waals surface area (Å²) in [6, 6.07) is 9.70. The summed E-state index contributed by atoms with van der Waals surface area (Å²) < 4.78 is 57.2. The number of aliphatic hydroxyl groups excluding tert-OH is 4. The van der Waals surface area contributed by atoms with Crippen LogP contribution in [0.2, 0.25) is 0 Å². The van der Waals surface area contributed by atoms with E-state index >= 15 is 0 Å².